The fourth-order valence-electron chi connectivity index (χ4n) is 0.842. The minimum atomic E-state index is 0.637. The molecule has 0 unspecified atom stereocenters. The highest BCUT2D eigenvalue weighted by Crippen LogP contribution is 2.06. The first-order chi connectivity index (χ1) is 5.74. The number of rotatable bonds is 3. The summed E-state index contributed by atoms with van der Waals surface area (Å²) >= 11 is 0. The van der Waals surface area contributed by atoms with Gasteiger partial charge in [0.2, 0.25) is 6.20 Å². The number of aromatic nitrogens is 1. The van der Waals surface area contributed by atoms with E-state index in [1.165, 1.54) is 6.20 Å². The average molecular weight is 167 g/mol. The van der Waals surface area contributed by atoms with Gasteiger partial charge in [-0.25, -0.2) is 0 Å². The topological polar surface area (TPSA) is 36.2 Å². The Morgan fingerprint density at radius 3 is 2.83 bits per heavy atom. The quantitative estimate of drug-likeness (QED) is 0.504. The largest absolute Gasteiger partial charge is 0.618 e. The summed E-state index contributed by atoms with van der Waals surface area (Å²) in [5, 5.41) is 11.0. The van der Waals surface area contributed by atoms with Crippen LogP contribution in [0.4, 0.5) is 0 Å². The Labute approximate surface area is 72.2 Å². The Kier molecular flexibility index (Phi) is 2.91. The van der Waals surface area contributed by atoms with Crippen LogP contribution in [0.3, 0.4) is 0 Å². The van der Waals surface area contributed by atoms with Gasteiger partial charge in [0, 0.05) is 13.0 Å². The highest BCUT2D eigenvalue weighted by atomic mass is 16.5. The second-order valence-corrected chi connectivity index (χ2v) is 2.68. The number of pyridine rings is 1. The molecule has 0 N–H and O–H groups in total. The molecule has 3 heteroatoms. The molecule has 0 aliphatic heterocycles. The third kappa shape index (κ3) is 2.12. The third-order valence-corrected chi connectivity index (χ3v) is 1.55. The van der Waals surface area contributed by atoms with Crippen LogP contribution in [0.1, 0.15) is 19.0 Å². The van der Waals surface area contributed by atoms with Gasteiger partial charge < -0.3 is 9.94 Å². The van der Waals surface area contributed by atoms with E-state index in [2.05, 4.69) is 0 Å². The van der Waals surface area contributed by atoms with Crippen LogP contribution < -0.4 is 9.47 Å². The van der Waals surface area contributed by atoms with Gasteiger partial charge in [0.25, 0.3) is 0 Å². The summed E-state index contributed by atoms with van der Waals surface area (Å²) in [6, 6.07) is 3.55. The van der Waals surface area contributed by atoms with E-state index >= 15 is 0 Å². The summed E-state index contributed by atoms with van der Waals surface area (Å²) in [7, 11) is 0. The van der Waals surface area contributed by atoms with Crippen LogP contribution in [-0.4, -0.2) is 6.61 Å². The second kappa shape index (κ2) is 3.95. The molecule has 0 atom stereocenters. The maximum absolute atomic E-state index is 11.0. The molecule has 12 heavy (non-hydrogen) atoms. The molecule has 0 spiro atoms. The average Bonchev–Trinajstić information content (AvgIpc) is 2.07. The molecule has 3 nitrogen and oxygen atoms in total. The van der Waals surface area contributed by atoms with Crippen LogP contribution in [-0.2, 0) is 0 Å². The first kappa shape index (κ1) is 8.84. The summed E-state index contributed by atoms with van der Waals surface area (Å²) < 4.78 is 6.08. The van der Waals surface area contributed by atoms with Crippen LogP contribution in [0.5, 0.6) is 5.75 Å². The molecule has 0 saturated heterocycles. The van der Waals surface area contributed by atoms with Crippen molar-refractivity contribution in [2.45, 2.75) is 20.3 Å². The van der Waals surface area contributed by atoms with Crippen molar-refractivity contribution >= 4 is 0 Å². The van der Waals surface area contributed by atoms with E-state index in [0.29, 0.717) is 18.1 Å². The zero-order valence-electron chi connectivity index (χ0n) is 7.41. The van der Waals surface area contributed by atoms with Crippen molar-refractivity contribution in [1.29, 1.82) is 0 Å². The lowest BCUT2D eigenvalue weighted by atomic mass is 10.4. The van der Waals surface area contributed by atoms with E-state index in [1.807, 2.05) is 6.92 Å². The first-order valence-corrected chi connectivity index (χ1v) is 4.06. The van der Waals surface area contributed by atoms with E-state index in [4.69, 9.17) is 4.74 Å². The lowest BCUT2D eigenvalue weighted by Gasteiger charge is -2.04. The molecule has 0 aliphatic rings. The summed E-state index contributed by atoms with van der Waals surface area (Å²) in [5.41, 5.74) is 0.679. The number of hydrogen-bond acceptors (Lipinski definition) is 2. The third-order valence-electron chi connectivity index (χ3n) is 1.55. The lowest BCUT2D eigenvalue weighted by Crippen LogP contribution is -2.29. The summed E-state index contributed by atoms with van der Waals surface area (Å²) in [6.45, 7) is 4.44. The zero-order valence-corrected chi connectivity index (χ0v) is 7.41. The van der Waals surface area contributed by atoms with Gasteiger partial charge in [0.15, 0.2) is 11.4 Å². The maximum atomic E-state index is 11.0. The fourth-order valence-corrected chi connectivity index (χ4v) is 0.842. The Balaban J connectivity index is 2.69. The fraction of sp³-hybridized carbons (Fsp3) is 0.444. The monoisotopic (exact) mass is 167 g/mol. The second-order valence-electron chi connectivity index (χ2n) is 2.68. The molecule has 1 aromatic rings. The number of ether oxygens (including phenoxy) is 1. The predicted octanol–water partition coefficient (Wildman–Crippen LogP) is 1.42. The van der Waals surface area contributed by atoms with E-state index in [0.717, 1.165) is 11.2 Å². The minimum absolute atomic E-state index is 0.637. The molecule has 1 rings (SSSR count). The van der Waals surface area contributed by atoms with E-state index in [-0.39, 0.29) is 0 Å². The zero-order chi connectivity index (χ0) is 8.97. The molecule has 0 aromatic carbocycles. The van der Waals surface area contributed by atoms with Crippen molar-refractivity contribution in [2.24, 2.45) is 0 Å². The number of hydrogen-bond donors (Lipinski definition) is 0. The van der Waals surface area contributed by atoms with Gasteiger partial charge in [-0.15, -0.1) is 0 Å². The molecule has 1 heterocycles. The van der Waals surface area contributed by atoms with E-state index in [9.17, 15) is 5.21 Å². The Bertz CT molecular complexity index is 261. The van der Waals surface area contributed by atoms with Gasteiger partial charge >= 0.3 is 0 Å². The van der Waals surface area contributed by atoms with Crippen LogP contribution in [0.25, 0.3) is 0 Å². The van der Waals surface area contributed by atoms with E-state index in [1.54, 1.807) is 19.1 Å². The van der Waals surface area contributed by atoms with Crippen molar-refractivity contribution < 1.29 is 9.47 Å². The highest BCUT2D eigenvalue weighted by molar-refractivity contribution is 5.15. The SMILES string of the molecule is CCCOc1ccc(C)[n+]([O-])c1. The smallest absolute Gasteiger partial charge is 0.222 e. The lowest BCUT2D eigenvalue weighted by molar-refractivity contribution is -0.612. The van der Waals surface area contributed by atoms with Gasteiger partial charge in [0.05, 0.1) is 6.61 Å². The molecule has 0 fully saturated rings. The molecule has 66 valence electrons. The van der Waals surface area contributed by atoms with Gasteiger partial charge in [-0.2, -0.15) is 4.73 Å². The summed E-state index contributed by atoms with van der Waals surface area (Å²) in [6.07, 6.45) is 2.40. The van der Waals surface area contributed by atoms with Gasteiger partial charge in [-0.3, -0.25) is 0 Å². The Morgan fingerprint density at radius 1 is 1.50 bits per heavy atom. The standard InChI is InChI=1S/C9H13NO2/c1-3-6-12-9-5-4-8(2)10(11)7-9/h4-5,7H,3,6H2,1-2H3. The van der Waals surface area contributed by atoms with Gasteiger partial charge in [-0.05, 0) is 12.5 Å². The molecule has 1 aromatic heterocycles. The molecule has 0 aliphatic carbocycles. The van der Waals surface area contributed by atoms with Crippen molar-refractivity contribution in [2.75, 3.05) is 6.61 Å². The molecule has 0 bridgehead atoms. The minimum Gasteiger partial charge on any atom is -0.618 e. The summed E-state index contributed by atoms with van der Waals surface area (Å²) in [5.74, 6) is 0.637. The van der Waals surface area contributed by atoms with Crippen LogP contribution in [0, 0.1) is 12.1 Å². The van der Waals surface area contributed by atoms with Crippen LogP contribution in [0.2, 0.25) is 0 Å². The predicted molar refractivity (Wildman–Crippen MR) is 45.9 cm³/mol. The molecule has 0 saturated carbocycles. The molecular weight excluding hydrogens is 154 g/mol. The Morgan fingerprint density at radius 2 is 2.25 bits per heavy atom. The molecule has 0 amide bonds. The van der Waals surface area contributed by atoms with Crippen LogP contribution in [0.15, 0.2) is 18.3 Å². The number of nitrogens with zero attached hydrogens (tertiary/aromatic N) is 1. The first-order valence-electron chi connectivity index (χ1n) is 4.06. The Hall–Kier alpha value is -1.25. The van der Waals surface area contributed by atoms with Crippen LogP contribution >= 0.6 is 0 Å². The number of aryl methyl sites for hydroxylation is 1. The molecular formula is C9H13NO2. The summed E-state index contributed by atoms with van der Waals surface area (Å²) in [4.78, 5) is 0. The van der Waals surface area contributed by atoms with Gasteiger partial charge in [0.1, 0.15) is 0 Å². The van der Waals surface area contributed by atoms with Crippen molar-refractivity contribution in [3.63, 3.8) is 0 Å². The van der Waals surface area contributed by atoms with Gasteiger partial charge in [-0.1, -0.05) is 6.92 Å². The highest BCUT2D eigenvalue weighted by Gasteiger charge is 2.00. The van der Waals surface area contributed by atoms with E-state index < -0.39 is 0 Å². The molecule has 0 radical (unpaired) electrons. The normalized spacial score (nSPS) is 9.83. The van der Waals surface area contributed by atoms with Crippen molar-refractivity contribution in [1.82, 2.24) is 0 Å². The maximum Gasteiger partial charge on any atom is 0.222 e. The van der Waals surface area contributed by atoms with Crippen molar-refractivity contribution in [3.8, 4) is 5.75 Å². The van der Waals surface area contributed by atoms with Crippen molar-refractivity contribution in [3.05, 3.63) is 29.2 Å².